The number of halogens is 1. The summed E-state index contributed by atoms with van der Waals surface area (Å²) in [4.78, 5) is 15.4. The zero-order valence-corrected chi connectivity index (χ0v) is 27.3. The highest BCUT2D eigenvalue weighted by atomic mass is 35.5. The van der Waals surface area contributed by atoms with Gasteiger partial charge in [-0.25, -0.2) is 4.68 Å². The summed E-state index contributed by atoms with van der Waals surface area (Å²) in [6, 6.07) is 47.7. The summed E-state index contributed by atoms with van der Waals surface area (Å²) in [7, 11) is 0. The number of hydrogen-bond acceptors (Lipinski definition) is 4. The lowest BCUT2D eigenvalue weighted by molar-refractivity contribution is 0.111. The van der Waals surface area contributed by atoms with Gasteiger partial charge in [-0.05, 0) is 56.3 Å². The highest BCUT2D eigenvalue weighted by Gasteiger charge is 2.42. The molecular formula is C41H34ClN5O. The molecule has 7 heteroatoms. The summed E-state index contributed by atoms with van der Waals surface area (Å²) in [5.41, 5.74) is 8.22. The maximum Gasteiger partial charge on any atom is 0.184 e. The van der Waals surface area contributed by atoms with Gasteiger partial charge in [-0.2, -0.15) is 0 Å². The topological polar surface area (TPSA) is 76.5 Å². The lowest BCUT2D eigenvalue weighted by Crippen LogP contribution is -2.39. The van der Waals surface area contributed by atoms with Crippen LogP contribution in [0, 0.1) is 0 Å². The van der Waals surface area contributed by atoms with E-state index >= 15 is 0 Å². The lowest BCUT2D eigenvalue weighted by Gasteiger charge is -2.36. The Balaban J connectivity index is 1.49. The monoisotopic (exact) mass is 647 g/mol. The van der Waals surface area contributed by atoms with Crippen molar-refractivity contribution in [1.82, 2.24) is 25.2 Å². The molecule has 0 aliphatic carbocycles. The van der Waals surface area contributed by atoms with E-state index in [1.165, 1.54) is 0 Å². The number of tetrazole rings is 1. The molecule has 1 N–H and O–H groups in total. The van der Waals surface area contributed by atoms with Gasteiger partial charge in [0.15, 0.2) is 12.1 Å². The van der Waals surface area contributed by atoms with E-state index < -0.39 is 5.54 Å². The molecule has 7 rings (SSSR count). The molecule has 2 aromatic heterocycles. The fourth-order valence-electron chi connectivity index (χ4n) is 6.73. The summed E-state index contributed by atoms with van der Waals surface area (Å²) in [6.07, 6.45) is 3.02. The number of carbonyl (C=O) groups excluding carboxylic acids is 1. The second-order valence-electron chi connectivity index (χ2n) is 11.8. The van der Waals surface area contributed by atoms with Gasteiger partial charge in [-0.15, -0.1) is 5.10 Å². The van der Waals surface area contributed by atoms with Crippen LogP contribution in [0.25, 0.3) is 22.5 Å². The number of aryl methyl sites for hydroxylation is 1. The third kappa shape index (κ3) is 5.54. The normalized spacial score (nSPS) is 11.5. The number of rotatable bonds is 11. The Labute approximate surface area is 285 Å². The molecule has 236 valence electrons. The van der Waals surface area contributed by atoms with Gasteiger partial charge >= 0.3 is 0 Å². The van der Waals surface area contributed by atoms with Crippen molar-refractivity contribution in [1.29, 1.82) is 0 Å². The van der Waals surface area contributed by atoms with E-state index in [2.05, 4.69) is 83.9 Å². The van der Waals surface area contributed by atoms with Gasteiger partial charge in [0.25, 0.3) is 0 Å². The number of aromatic amines is 1. The minimum atomic E-state index is -0.906. The van der Waals surface area contributed by atoms with Crippen LogP contribution in [0.1, 0.15) is 57.3 Å². The second kappa shape index (κ2) is 13.6. The van der Waals surface area contributed by atoms with Gasteiger partial charge in [0.2, 0.25) is 0 Å². The summed E-state index contributed by atoms with van der Waals surface area (Å²) in [6.45, 7) is 2.09. The van der Waals surface area contributed by atoms with Crippen LogP contribution in [0.15, 0.2) is 140 Å². The Hall–Kier alpha value is -5.59. The van der Waals surface area contributed by atoms with E-state index in [1.807, 2.05) is 77.5 Å². The van der Waals surface area contributed by atoms with Crippen LogP contribution in [0.5, 0.6) is 0 Å². The van der Waals surface area contributed by atoms with E-state index in [0.717, 1.165) is 69.3 Å². The molecule has 0 radical (unpaired) electrons. The van der Waals surface area contributed by atoms with E-state index in [9.17, 15) is 4.79 Å². The third-order valence-electron chi connectivity index (χ3n) is 8.91. The van der Waals surface area contributed by atoms with E-state index in [1.54, 1.807) is 0 Å². The van der Waals surface area contributed by atoms with E-state index in [0.29, 0.717) is 23.0 Å². The van der Waals surface area contributed by atoms with Crippen LogP contribution in [0.4, 0.5) is 0 Å². The van der Waals surface area contributed by atoms with Crippen LogP contribution in [0.3, 0.4) is 0 Å². The first-order valence-electron chi connectivity index (χ1n) is 16.1. The summed E-state index contributed by atoms with van der Waals surface area (Å²) in [5.74, 6) is 0.606. The number of carbonyl (C=O) groups is 1. The molecule has 0 amide bonds. The van der Waals surface area contributed by atoms with Crippen molar-refractivity contribution in [2.75, 3.05) is 0 Å². The van der Waals surface area contributed by atoms with Crippen LogP contribution in [0.2, 0.25) is 5.02 Å². The van der Waals surface area contributed by atoms with Gasteiger partial charge in [-0.3, -0.25) is 4.79 Å². The Morgan fingerprint density at radius 2 is 1.31 bits per heavy atom. The Bertz CT molecular complexity index is 2050. The molecule has 0 atom stereocenters. The molecule has 2 heterocycles. The molecule has 7 aromatic rings. The highest BCUT2D eigenvalue weighted by Crippen LogP contribution is 2.43. The number of nitrogens with zero attached hydrogens (tertiary/aromatic N) is 4. The van der Waals surface area contributed by atoms with Gasteiger partial charge in [0.1, 0.15) is 5.54 Å². The maximum absolute atomic E-state index is 12.1. The van der Waals surface area contributed by atoms with Crippen LogP contribution in [-0.4, -0.2) is 31.5 Å². The van der Waals surface area contributed by atoms with Crippen molar-refractivity contribution in [3.8, 4) is 22.5 Å². The van der Waals surface area contributed by atoms with Crippen LogP contribution >= 0.6 is 11.6 Å². The SMILES string of the molecule is CCCc1[nH]c(C=O)c(Cc2ccc(-c3ccccc3)c(-c3nnnn3C(c3ccccc3)(c3ccccc3)c3ccccc3)c2)c1Cl. The second-order valence-corrected chi connectivity index (χ2v) is 12.2. The van der Waals surface area contributed by atoms with Crippen LogP contribution in [-0.2, 0) is 18.4 Å². The van der Waals surface area contributed by atoms with Crippen molar-refractivity contribution >= 4 is 17.9 Å². The highest BCUT2D eigenvalue weighted by molar-refractivity contribution is 6.32. The van der Waals surface area contributed by atoms with Gasteiger partial charge in [0, 0.05) is 23.2 Å². The van der Waals surface area contributed by atoms with Gasteiger partial charge < -0.3 is 4.98 Å². The average Bonchev–Trinajstić information content (AvgIpc) is 3.75. The number of nitrogens with one attached hydrogen (secondary N) is 1. The molecule has 0 bridgehead atoms. The minimum absolute atomic E-state index is 0.470. The molecule has 0 fully saturated rings. The average molecular weight is 648 g/mol. The fraction of sp³-hybridized carbons (Fsp3) is 0.122. The molecule has 0 unspecified atom stereocenters. The molecule has 5 aromatic carbocycles. The smallest absolute Gasteiger partial charge is 0.184 e. The summed E-state index contributed by atoms with van der Waals surface area (Å²) < 4.78 is 1.96. The van der Waals surface area contributed by atoms with Crippen molar-refractivity contribution in [2.45, 2.75) is 31.7 Å². The summed E-state index contributed by atoms with van der Waals surface area (Å²) >= 11 is 6.87. The largest absolute Gasteiger partial charge is 0.355 e. The molecule has 0 spiro atoms. The minimum Gasteiger partial charge on any atom is -0.355 e. The fourth-order valence-corrected chi connectivity index (χ4v) is 7.05. The molecule has 48 heavy (non-hydrogen) atoms. The Morgan fingerprint density at radius 3 is 1.85 bits per heavy atom. The first-order valence-corrected chi connectivity index (χ1v) is 16.5. The lowest BCUT2D eigenvalue weighted by atomic mass is 9.76. The number of hydrogen-bond donors (Lipinski definition) is 1. The predicted molar refractivity (Wildman–Crippen MR) is 191 cm³/mol. The molecule has 0 saturated carbocycles. The first kappa shape index (κ1) is 31.0. The van der Waals surface area contributed by atoms with Crippen molar-refractivity contribution in [3.05, 3.63) is 184 Å². The zero-order chi connectivity index (χ0) is 32.9. The maximum atomic E-state index is 12.1. The zero-order valence-electron chi connectivity index (χ0n) is 26.6. The molecule has 0 aliphatic heterocycles. The summed E-state index contributed by atoms with van der Waals surface area (Å²) in [5, 5.41) is 14.5. The number of aromatic nitrogens is 5. The number of benzene rings is 5. The first-order chi connectivity index (χ1) is 23.6. The van der Waals surface area contributed by atoms with Crippen molar-refractivity contribution < 1.29 is 4.79 Å². The van der Waals surface area contributed by atoms with E-state index in [4.69, 9.17) is 21.9 Å². The van der Waals surface area contributed by atoms with Crippen molar-refractivity contribution in [3.63, 3.8) is 0 Å². The standard InChI is InChI=1S/C41H34ClN5O/c1-2-15-37-39(42)36(38(28-48)43-37)27-29-24-25-34(30-16-7-3-8-17-30)35(26-29)40-44-45-46-47(40)41(31-18-9-4-10-19-31,32-20-11-5-12-21-32)33-22-13-6-14-23-33/h3-14,16-26,28,43H,2,15,27H2,1H3. The molecule has 0 saturated heterocycles. The molecule has 6 nitrogen and oxygen atoms in total. The van der Waals surface area contributed by atoms with Gasteiger partial charge in [-0.1, -0.05) is 158 Å². The van der Waals surface area contributed by atoms with Crippen LogP contribution < -0.4 is 0 Å². The third-order valence-corrected chi connectivity index (χ3v) is 9.37. The molecule has 0 aliphatic rings. The van der Waals surface area contributed by atoms with E-state index in [-0.39, 0.29) is 0 Å². The number of H-pyrrole nitrogens is 1. The Morgan fingerprint density at radius 1 is 0.750 bits per heavy atom. The predicted octanol–water partition coefficient (Wildman–Crippen LogP) is 9.18. The van der Waals surface area contributed by atoms with Gasteiger partial charge in [0.05, 0.1) is 10.7 Å². The quantitative estimate of drug-likeness (QED) is 0.112. The number of aldehydes is 1. The van der Waals surface area contributed by atoms with Crippen molar-refractivity contribution in [2.24, 2.45) is 0 Å². The Kier molecular flexibility index (Phi) is 8.82. The molecular weight excluding hydrogens is 614 g/mol.